The molecular formula is C21H19Cl2N5O2. The summed E-state index contributed by atoms with van der Waals surface area (Å²) in [5.41, 5.74) is 2.49. The van der Waals surface area contributed by atoms with Crippen molar-refractivity contribution in [2.45, 2.75) is 6.54 Å². The van der Waals surface area contributed by atoms with Crippen LogP contribution in [0.5, 0.6) is 5.75 Å². The van der Waals surface area contributed by atoms with Gasteiger partial charge in [0.2, 0.25) is 0 Å². The molecule has 0 unspecified atom stereocenters. The molecule has 3 aromatic rings. The van der Waals surface area contributed by atoms with Gasteiger partial charge in [0, 0.05) is 39.8 Å². The van der Waals surface area contributed by atoms with E-state index >= 15 is 0 Å². The van der Waals surface area contributed by atoms with Crippen LogP contribution >= 0.6 is 23.2 Å². The van der Waals surface area contributed by atoms with Crippen molar-refractivity contribution in [3.05, 3.63) is 62.0 Å². The van der Waals surface area contributed by atoms with Gasteiger partial charge in [-0.1, -0.05) is 29.3 Å². The van der Waals surface area contributed by atoms with Crippen LogP contribution in [0.25, 0.3) is 11.0 Å². The van der Waals surface area contributed by atoms with Crippen molar-refractivity contribution in [2.75, 3.05) is 31.1 Å². The van der Waals surface area contributed by atoms with Gasteiger partial charge in [-0.25, -0.2) is 4.98 Å². The first-order chi connectivity index (χ1) is 14.4. The van der Waals surface area contributed by atoms with Crippen molar-refractivity contribution in [1.29, 1.82) is 5.26 Å². The summed E-state index contributed by atoms with van der Waals surface area (Å²) in [6, 6.07) is 10.7. The monoisotopic (exact) mass is 443 g/mol. The van der Waals surface area contributed by atoms with Gasteiger partial charge in [-0.3, -0.25) is 9.69 Å². The van der Waals surface area contributed by atoms with E-state index in [1.54, 1.807) is 31.3 Å². The lowest BCUT2D eigenvalue weighted by Crippen LogP contribution is -2.47. The normalized spacial score (nSPS) is 14.8. The average molecular weight is 444 g/mol. The number of pyridine rings is 2. The van der Waals surface area contributed by atoms with Crippen molar-refractivity contribution in [3.8, 4) is 11.8 Å². The number of phenolic OH excluding ortho intramolecular Hbond substituents is 1. The number of rotatable bonds is 3. The molecular weight excluding hydrogens is 425 g/mol. The Morgan fingerprint density at radius 1 is 1.17 bits per heavy atom. The van der Waals surface area contributed by atoms with Crippen LogP contribution in [0.1, 0.15) is 11.1 Å². The molecule has 1 aliphatic rings. The van der Waals surface area contributed by atoms with E-state index in [2.05, 4.69) is 16.0 Å². The highest BCUT2D eigenvalue weighted by atomic mass is 35.5. The SMILES string of the molecule is Cn1c(=O)c(C#N)c(N2CCN(Cc3ccc(O)c(Cl)c3)CC2)c2nc(Cl)ccc21. The number of benzene rings is 1. The zero-order valence-corrected chi connectivity index (χ0v) is 17.8. The standard InChI is InChI=1S/C21H19Cl2N5O2/c1-26-16-3-5-18(23)25-19(16)20(14(11-24)21(26)30)28-8-6-27(7-9-28)12-13-2-4-17(29)15(22)10-13/h2-5,10,29H,6-9,12H2,1H3. The summed E-state index contributed by atoms with van der Waals surface area (Å²) < 4.78 is 1.44. The molecule has 1 N–H and O–H groups in total. The van der Waals surface area contributed by atoms with Gasteiger partial charge in [-0.05, 0) is 29.8 Å². The molecule has 2 aromatic heterocycles. The molecule has 1 fully saturated rings. The van der Waals surface area contributed by atoms with E-state index in [-0.39, 0.29) is 16.9 Å². The molecule has 0 aliphatic carbocycles. The smallest absolute Gasteiger partial charge is 0.270 e. The second-order valence-corrected chi connectivity index (χ2v) is 8.04. The molecule has 0 atom stereocenters. The molecule has 9 heteroatoms. The van der Waals surface area contributed by atoms with Crippen LogP contribution in [0.4, 0.5) is 5.69 Å². The van der Waals surface area contributed by atoms with E-state index in [4.69, 9.17) is 23.2 Å². The van der Waals surface area contributed by atoms with Crippen molar-refractivity contribution in [1.82, 2.24) is 14.5 Å². The van der Waals surface area contributed by atoms with E-state index < -0.39 is 0 Å². The molecule has 0 radical (unpaired) electrons. The number of halogens is 2. The van der Waals surface area contributed by atoms with Crippen LogP contribution in [-0.2, 0) is 13.6 Å². The Kier molecular flexibility index (Phi) is 5.56. The molecule has 0 bridgehead atoms. The fourth-order valence-electron chi connectivity index (χ4n) is 3.81. The molecule has 4 rings (SSSR count). The predicted molar refractivity (Wildman–Crippen MR) is 117 cm³/mol. The maximum Gasteiger partial charge on any atom is 0.270 e. The Bertz CT molecular complexity index is 1230. The van der Waals surface area contributed by atoms with E-state index in [1.165, 1.54) is 4.57 Å². The lowest BCUT2D eigenvalue weighted by atomic mass is 10.1. The molecule has 1 aliphatic heterocycles. The Balaban J connectivity index is 1.62. The van der Waals surface area contributed by atoms with Crippen LogP contribution in [-0.4, -0.2) is 45.7 Å². The average Bonchev–Trinajstić information content (AvgIpc) is 2.74. The second-order valence-electron chi connectivity index (χ2n) is 7.25. The van der Waals surface area contributed by atoms with Crippen molar-refractivity contribution >= 4 is 39.9 Å². The van der Waals surface area contributed by atoms with Crippen molar-refractivity contribution < 1.29 is 5.11 Å². The van der Waals surface area contributed by atoms with Gasteiger partial charge in [0.25, 0.3) is 5.56 Å². The summed E-state index contributed by atoms with van der Waals surface area (Å²) in [4.78, 5) is 21.5. The Morgan fingerprint density at radius 2 is 1.90 bits per heavy atom. The number of aromatic nitrogens is 2. The number of nitrogens with zero attached hydrogens (tertiary/aromatic N) is 5. The van der Waals surface area contributed by atoms with Gasteiger partial charge in [0.15, 0.2) is 0 Å². The number of anilines is 1. The van der Waals surface area contributed by atoms with Gasteiger partial charge >= 0.3 is 0 Å². The Morgan fingerprint density at radius 3 is 2.57 bits per heavy atom. The third-order valence-electron chi connectivity index (χ3n) is 5.40. The lowest BCUT2D eigenvalue weighted by Gasteiger charge is -2.36. The number of aryl methyl sites for hydroxylation is 1. The highest BCUT2D eigenvalue weighted by Gasteiger charge is 2.25. The van der Waals surface area contributed by atoms with E-state index in [9.17, 15) is 15.2 Å². The maximum absolute atomic E-state index is 12.7. The highest BCUT2D eigenvalue weighted by molar-refractivity contribution is 6.32. The molecule has 30 heavy (non-hydrogen) atoms. The van der Waals surface area contributed by atoms with Gasteiger partial charge in [-0.2, -0.15) is 5.26 Å². The van der Waals surface area contributed by atoms with Crippen LogP contribution in [0, 0.1) is 11.3 Å². The van der Waals surface area contributed by atoms with Gasteiger partial charge in [0.1, 0.15) is 28.1 Å². The van der Waals surface area contributed by atoms with Crippen molar-refractivity contribution in [2.24, 2.45) is 7.05 Å². The minimum atomic E-state index is -0.342. The maximum atomic E-state index is 12.7. The van der Waals surface area contributed by atoms with Gasteiger partial charge in [0.05, 0.1) is 16.2 Å². The first-order valence-corrected chi connectivity index (χ1v) is 10.2. The molecule has 1 saturated heterocycles. The number of fused-ring (bicyclic) bond motifs is 1. The van der Waals surface area contributed by atoms with Crippen molar-refractivity contribution in [3.63, 3.8) is 0 Å². The largest absolute Gasteiger partial charge is 0.506 e. The second kappa shape index (κ2) is 8.15. The first kappa shape index (κ1) is 20.5. The number of hydrogen-bond donors (Lipinski definition) is 1. The highest BCUT2D eigenvalue weighted by Crippen LogP contribution is 2.29. The molecule has 154 valence electrons. The quantitative estimate of drug-likeness (QED) is 0.625. The fraction of sp³-hybridized carbons (Fsp3) is 0.286. The molecule has 0 spiro atoms. The zero-order valence-electron chi connectivity index (χ0n) is 16.3. The molecule has 7 nitrogen and oxygen atoms in total. The van der Waals surface area contributed by atoms with Crippen LogP contribution in [0.15, 0.2) is 35.1 Å². The van der Waals surface area contributed by atoms with Crippen LogP contribution in [0.3, 0.4) is 0 Å². The number of aromatic hydroxyl groups is 1. The lowest BCUT2D eigenvalue weighted by molar-refractivity contribution is 0.250. The third-order valence-corrected chi connectivity index (χ3v) is 5.91. The summed E-state index contributed by atoms with van der Waals surface area (Å²) >= 11 is 12.1. The van der Waals surface area contributed by atoms with E-state index in [0.717, 1.165) is 18.7 Å². The Labute approximate surface area is 183 Å². The van der Waals surface area contributed by atoms with Gasteiger partial charge in [-0.15, -0.1) is 0 Å². The zero-order chi connectivity index (χ0) is 21.4. The summed E-state index contributed by atoms with van der Waals surface area (Å²) in [5.74, 6) is 0.0676. The number of piperazine rings is 1. The Hall–Kier alpha value is -2.79. The number of phenols is 1. The molecule has 0 saturated carbocycles. The third kappa shape index (κ3) is 3.70. The van der Waals surface area contributed by atoms with Crippen LogP contribution in [0.2, 0.25) is 10.2 Å². The minimum Gasteiger partial charge on any atom is -0.506 e. The van der Waals surface area contributed by atoms with E-state index in [1.807, 2.05) is 11.0 Å². The van der Waals surface area contributed by atoms with Gasteiger partial charge < -0.3 is 14.6 Å². The molecule has 3 heterocycles. The van der Waals surface area contributed by atoms with Crippen LogP contribution < -0.4 is 10.5 Å². The predicted octanol–water partition coefficient (Wildman–Crippen LogP) is 3.14. The summed E-state index contributed by atoms with van der Waals surface area (Å²) in [7, 11) is 1.63. The summed E-state index contributed by atoms with van der Waals surface area (Å²) in [6.07, 6.45) is 0. The molecule has 0 amide bonds. The number of nitriles is 1. The number of hydrogen-bond acceptors (Lipinski definition) is 6. The summed E-state index contributed by atoms with van der Waals surface area (Å²) in [5, 5.41) is 19.9. The topological polar surface area (TPSA) is 85.4 Å². The summed E-state index contributed by atoms with van der Waals surface area (Å²) in [6.45, 7) is 3.44. The minimum absolute atomic E-state index is 0.0676. The van der Waals surface area contributed by atoms with E-state index in [0.29, 0.717) is 46.5 Å². The fourth-order valence-corrected chi connectivity index (χ4v) is 4.17. The first-order valence-electron chi connectivity index (χ1n) is 9.43. The molecule has 1 aromatic carbocycles.